The Hall–Kier alpha value is -2.10. The largest absolute Gasteiger partial charge is 0.465 e. The van der Waals surface area contributed by atoms with Gasteiger partial charge in [-0.15, -0.1) is 0 Å². The van der Waals surface area contributed by atoms with Gasteiger partial charge in [-0.2, -0.15) is 0 Å². The molecule has 23 heavy (non-hydrogen) atoms. The SMILES string of the molecule is CCOC(=O)C1=C(C)c2c(C)c(C)cc(C)c2C1C(=O)OCC. The van der Waals surface area contributed by atoms with Crippen LogP contribution in [-0.4, -0.2) is 25.2 Å². The molecule has 0 bridgehead atoms. The van der Waals surface area contributed by atoms with Gasteiger partial charge in [-0.05, 0) is 74.9 Å². The van der Waals surface area contributed by atoms with Gasteiger partial charge in [0, 0.05) is 0 Å². The number of hydrogen-bond acceptors (Lipinski definition) is 4. The van der Waals surface area contributed by atoms with Crippen LogP contribution in [0.4, 0.5) is 0 Å². The first kappa shape index (κ1) is 17.3. The fraction of sp³-hybridized carbons (Fsp3) is 0.474. The standard InChI is InChI=1S/C19H24O4/c1-7-22-18(20)16-13(6)15-12(5)10(3)9-11(4)14(15)17(16)19(21)23-8-2/h9,17H,7-8H2,1-6H3. The molecule has 0 spiro atoms. The highest BCUT2D eigenvalue weighted by Crippen LogP contribution is 2.46. The second-order valence-corrected chi connectivity index (χ2v) is 5.87. The fourth-order valence-corrected chi connectivity index (χ4v) is 3.40. The maximum absolute atomic E-state index is 12.6. The summed E-state index contributed by atoms with van der Waals surface area (Å²) in [6.07, 6.45) is 0. The lowest BCUT2D eigenvalue weighted by molar-refractivity contribution is -0.147. The van der Waals surface area contributed by atoms with E-state index >= 15 is 0 Å². The van der Waals surface area contributed by atoms with Crippen LogP contribution in [0.25, 0.3) is 5.57 Å². The van der Waals surface area contributed by atoms with Crippen molar-refractivity contribution >= 4 is 17.5 Å². The molecule has 1 aliphatic rings. The molecule has 0 aromatic heterocycles. The zero-order chi connectivity index (χ0) is 17.3. The molecular formula is C19H24O4. The molecule has 0 fully saturated rings. The predicted molar refractivity (Wildman–Crippen MR) is 89.3 cm³/mol. The van der Waals surface area contributed by atoms with E-state index in [1.54, 1.807) is 13.8 Å². The Kier molecular flexibility index (Phi) is 4.93. The number of hydrogen-bond donors (Lipinski definition) is 0. The number of ether oxygens (including phenoxy) is 2. The number of carbonyl (C=O) groups excluding carboxylic acids is 2. The molecule has 2 rings (SSSR count). The van der Waals surface area contributed by atoms with Crippen LogP contribution in [0.1, 0.15) is 54.5 Å². The minimum atomic E-state index is -0.691. The maximum atomic E-state index is 12.6. The summed E-state index contributed by atoms with van der Waals surface area (Å²) >= 11 is 0. The maximum Gasteiger partial charge on any atom is 0.335 e. The summed E-state index contributed by atoms with van der Waals surface area (Å²) in [6, 6.07) is 2.06. The topological polar surface area (TPSA) is 52.6 Å². The van der Waals surface area contributed by atoms with E-state index in [2.05, 4.69) is 6.07 Å². The lowest BCUT2D eigenvalue weighted by atomic mass is 9.88. The van der Waals surface area contributed by atoms with Crippen molar-refractivity contribution < 1.29 is 19.1 Å². The van der Waals surface area contributed by atoms with Crippen LogP contribution in [-0.2, 0) is 19.1 Å². The summed E-state index contributed by atoms with van der Waals surface area (Å²) in [5.74, 6) is -1.51. The van der Waals surface area contributed by atoms with Crippen molar-refractivity contribution in [3.05, 3.63) is 39.5 Å². The van der Waals surface area contributed by atoms with Crippen molar-refractivity contribution in [1.29, 1.82) is 0 Å². The quantitative estimate of drug-likeness (QED) is 0.796. The zero-order valence-corrected chi connectivity index (χ0v) is 14.7. The van der Waals surface area contributed by atoms with Gasteiger partial charge in [0.2, 0.25) is 0 Å². The van der Waals surface area contributed by atoms with Crippen molar-refractivity contribution in [2.24, 2.45) is 0 Å². The summed E-state index contributed by atoms with van der Waals surface area (Å²) in [6.45, 7) is 12.0. The van der Waals surface area contributed by atoms with Gasteiger partial charge in [-0.1, -0.05) is 6.07 Å². The molecule has 1 unspecified atom stereocenters. The molecule has 0 N–H and O–H groups in total. The number of rotatable bonds is 4. The van der Waals surface area contributed by atoms with E-state index in [1.807, 2.05) is 27.7 Å². The number of carbonyl (C=O) groups is 2. The van der Waals surface area contributed by atoms with E-state index in [9.17, 15) is 9.59 Å². The van der Waals surface area contributed by atoms with E-state index in [4.69, 9.17) is 9.47 Å². The van der Waals surface area contributed by atoms with Gasteiger partial charge in [0.25, 0.3) is 0 Å². The smallest absolute Gasteiger partial charge is 0.335 e. The van der Waals surface area contributed by atoms with Gasteiger partial charge < -0.3 is 9.47 Å². The van der Waals surface area contributed by atoms with Gasteiger partial charge in [-0.3, -0.25) is 4.79 Å². The van der Waals surface area contributed by atoms with Crippen molar-refractivity contribution in [3.63, 3.8) is 0 Å². The summed E-state index contributed by atoms with van der Waals surface area (Å²) in [5, 5.41) is 0. The first-order chi connectivity index (χ1) is 10.8. The summed E-state index contributed by atoms with van der Waals surface area (Å²) in [7, 11) is 0. The lowest BCUT2D eigenvalue weighted by Crippen LogP contribution is -2.22. The van der Waals surface area contributed by atoms with E-state index in [-0.39, 0.29) is 19.2 Å². The van der Waals surface area contributed by atoms with Crippen LogP contribution in [0, 0.1) is 20.8 Å². The van der Waals surface area contributed by atoms with E-state index in [0.717, 1.165) is 33.4 Å². The molecule has 0 aliphatic heterocycles. The van der Waals surface area contributed by atoms with Crippen molar-refractivity contribution in [2.45, 2.75) is 47.5 Å². The minimum absolute atomic E-state index is 0.276. The first-order valence-corrected chi connectivity index (χ1v) is 8.00. The summed E-state index contributed by atoms with van der Waals surface area (Å²) < 4.78 is 10.4. The van der Waals surface area contributed by atoms with E-state index in [1.165, 1.54) is 0 Å². The Labute approximate surface area is 137 Å². The van der Waals surface area contributed by atoms with Crippen LogP contribution in [0.2, 0.25) is 0 Å². The third-order valence-electron chi connectivity index (χ3n) is 4.47. The van der Waals surface area contributed by atoms with Gasteiger partial charge in [0.1, 0.15) is 5.92 Å². The number of allylic oxidation sites excluding steroid dienone is 1. The Balaban J connectivity index is 2.71. The minimum Gasteiger partial charge on any atom is -0.465 e. The Morgan fingerprint density at radius 3 is 2.17 bits per heavy atom. The monoisotopic (exact) mass is 316 g/mol. The van der Waals surface area contributed by atoms with Gasteiger partial charge in [-0.25, -0.2) is 4.79 Å². The highest BCUT2D eigenvalue weighted by molar-refractivity contribution is 6.09. The zero-order valence-electron chi connectivity index (χ0n) is 14.7. The molecule has 1 aromatic carbocycles. The molecule has 0 saturated carbocycles. The average molecular weight is 316 g/mol. The second kappa shape index (κ2) is 6.57. The second-order valence-electron chi connectivity index (χ2n) is 5.87. The van der Waals surface area contributed by atoms with Gasteiger partial charge in [0.05, 0.1) is 18.8 Å². The van der Waals surface area contributed by atoms with Crippen molar-refractivity contribution in [3.8, 4) is 0 Å². The van der Waals surface area contributed by atoms with Crippen LogP contribution in [0.15, 0.2) is 11.6 Å². The van der Waals surface area contributed by atoms with Crippen molar-refractivity contribution in [1.82, 2.24) is 0 Å². The molecule has 0 heterocycles. The third-order valence-corrected chi connectivity index (χ3v) is 4.47. The lowest BCUT2D eigenvalue weighted by Gasteiger charge is -2.18. The molecular weight excluding hydrogens is 292 g/mol. The fourth-order valence-electron chi connectivity index (χ4n) is 3.40. The van der Waals surface area contributed by atoms with Crippen LogP contribution in [0.5, 0.6) is 0 Å². The van der Waals surface area contributed by atoms with Crippen LogP contribution < -0.4 is 0 Å². The van der Waals surface area contributed by atoms with Crippen LogP contribution >= 0.6 is 0 Å². The first-order valence-electron chi connectivity index (χ1n) is 8.00. The molecule has 1 atom stereocenters. The molecule has 0 amide bonds. The van der Waals surface area contributed by atoms with E-state index < -0.39 is 11.9 Å². The predicted octanol–water partition coefficient (Wildman–Crippen LogP) is 3.61. The normalized spacial score (nSPS) is 16.3. The number of fused-ring (bicyclic) bond motifs is 1. The number of aryl methyl sites for hydroxylation is 2. The summed E-state index contributed by atoms with van der Waals surface area (Å²) in [4.78, 5) is 25.0. The molecule has 0 radical (unpaired) electrons. The Bertz CT molecular complexity index is 698. The van der Waals surface area contributed by atoms with Crippen molar-refractivity contribution in [2.75, 3.05) is 13.2 Å². The van der Waals surface area contributed by atoms with Gasteiger partial charge >= 0.3 is 11.9 Å². The molecule has 4 heteroatoms. The Morgan fingerprint density at radius 1 is 1.00 bits per heavy atom. The van der Waals surface area contributed by atoms with Crippen LogP contribution in [0.3, 0.4) is 0 Å². The Morgan fingerprint density at radius 2 is 1.61 bits per heavy atom. The molecule has 1 aromatic rings. The molecule has 124 valence electrons. The van der Waals surface area contributed by atoms with E-state index in [0.29, 0.717) is 5.57 Å². The van der Waals surface area contributed by atoms with Gasteiger partial charge in [0.15, 0.2) is 0 Å². The summed E-state index contributed by atoms with van der Waals surface area (Å²) in [5.41, 5.74) is 6.35. The highest BCUT2D eigenvalue weighted by atomic mass is 16.5. The molecule has 0 saturated heterocycles. The molecule has 1 aliphatic carbocycles. The molecule has 4 nitrogen and oxygen atoms in total. The average Bonchev–Trinajstić information content (AvgIpc) is 2.79. The number of esters is 2. The highest BCUT2D eigenvalue weighted by Gasteiger charge is 2.41. The number of benzene rings is 1. The third kappa shape index (κ3) is 2.78.